The minimum Gasteiger partial charge on any atom is -0.462 e. The van der Waals surface area contributed by atoms with Crippen molar-refractivity contribution in [2.75, 3.05) is 6.61 Å². The van der Waals surface area contributed by atoms with E-state index >= 15 is 0 Å². The van der Waals surface area contributed by atoms with Crippen LogP contribution in [0.2, 0.25) is 10.0 Å². The maximum absolute atomic E-state index is 11.9. The van der Waals surface area contributed by atoms with Crippen LogP contribution in [-0.4, -0.2) is 21.0 Å². The lowest BCUT2D eigenvalue weighted by atomic mass is 10.1. The first-order valence-electron chi connectivity index (χ1n) is 6.32. The summed E-state index contributed by atoms with van der Waals surface area (Å²) in [7, 11) is -4.07. The normalized spacial score (nSPS) is 11.7. The third-order valence-corrected chi connectivity index (χ3v) is 4.55. The van der Waals surface area contributed by atoms with Crippen LogP contribution < -0.4 is 5.14 Å². The highest BCUT2D eigenvalue weighted by Crippen LogP contribution is 2.30. The van der Waals surface area contributed by atoms with E-state index in [1.54, 1.807) is 0 Å². The minimum absolute atomic E-state index is 0.00188. The third-order valence-electron chi connectivity index (χ3n) is 2.70. The number of ether oxygens (including phenoxy) is 1. The molecule has 1 rings (SSSR count). The summed E-state index contributed by atoms with van der Waals surface area (Å²) in [5.74, 6) is -0.148. The molecular weight excluding hydrogens is 337 g/mol. The van der Waals surface area contributed by atoms with Gasteiger partial charge in [0.15, 0.2) is 0 Å². The summed E-state index contributed by atoms with van der Waals surface area (Å²) < 4.78 is 27.9. The van der Waals surface area contributed by atoms with E-state index in [4.69, 9.17) is 33.1 Å². The quantitative estimate of drug-likeness (QED) is 0.628. The standard InChI is InChI=1S/C13H17Cl2NO4S/c1-8(2)4-3-5-20-13(17)9-6-10(14)12(15)11(7-9)21(16,18)19/h6-8H,3-5H2,1-2H3,(H2,16,18,19). The molecule has 0 atom stereocenters. The van der Waals surface area contributed by atoms with Crippen LogP contribution in [0.5, 0.6) is 0 Å². The summed E-state index contributed by atoms with van der Waals surface area (Å²) in [6.07, 6.45) is 1.66. The van der Waals surface area contributed by atoms with Crippen molar-refractivity contribution >= 4 is 39.2 Å². The molecule has 5 nitrogen and oxygen atoms in total. The molecule has 0 aliphatic rings. The van der Waals surface area contributed by atoms with Crippen molar-refractivity contribution in [1.29, 1.82) is 0 Å². The van der Waals surface area contributed by atoms with Crippen molar-refractivity contribution in [1.82, 2.24) is 0 Å². The second-order valence-electron chi connectivity index (χ2n) is 4.99. The van der Waals surface area contributed by atoms with Crippen molar-refractivity contribution in [2.45, 2.75) is 31.6 Å². The smallest absolute Gasteiger partial charge is 0.338 e. The first kappa shape index (κ1) is 18.2. The molecular formula is C13H17Cl2NO4S. The topological polar surface area (TPSA) is 86.5 Å². The van der Waals surface area contributed by atoms with Crippen LogP contribution in [0.1, 0.15) is 37.0 Å². The van der Waals surface area contributed by atoms with E-state index in [1.807, 2.05) is 0 Å². The van der Waals surface area contributed by atoms with E-state index in [-0.39, 0.29) is 22.2 Å². The molecule has 0 amide bonds. The molecule has 0 bridgehead atoms. The average molecular weight is 354 g/mol. The van der Waals surface area contributed by atoms with Crippen molar-refractivity contribution in [3.63, 3.8) is 0 Å². The fraction of sp³-hybridized carbons (Fsp3) is 0.462. The van der Waals surface area contributed by atoms with Crippen LogP contribution in [0.25, 0.3) is 0 Å². The Morgan fingerprint density at radius 1 is 1.33 bits per heavy atom. The van der Waals surface area contributed by atoms with Gasteiger partial charge in [0, 0.05) is 0 Å². The molecule has 0 aliphatic carbocycles. The number of hydrogen-bond acceptors (Lipinski definition) is 4. The summed E-state index contributed by atoms with van der Waals surface area (Å²) in [4.78, 5) is 11.5. The molecule has 0 radical (unpaired) electrons. The van der Waals surface area contributed by atoms with Gasteiger partial charge in [-0.25, -0.2) is 18.4 Å². The zero-order valence-corrected chi connectivity index (χ0v) is 14.1. The first-order chi connectivity index (χ1) is 9.62. The Bertz CT molecular complexity index is 629. The average Bonchev–Trinajstić information content (AvgIpc) is 2.35. The number of nitrogens with two attached hydrogens (primary N) is 1. The van der Waals surface area contributed by atoms with Crippen LogP contribution in [-0.2, 0) is 14.8 Å². The van der Waals surface area contributed by atoms with E-state index in [0.717, 1.165) is 18.9 Å². The molecule has 118 valence electrons. The number of carbonyl (C=O) groups is 1. The van der Waals surface area contributed by atoms with Crippen LogP contribution in [0.15, 0.2) is 17.0 Å². The largest absolute Gasteiger partial charge is 0.462 e. The van der Waals surface area contributed by atoms with Gasteiger partial charge in [-0.1, -0.05) is 37.0 Å². The summed E-state index contributed by atoms with van der Waals surface area (Å²) >= 11 is 11.6. The number of hydrogen-bond donors (Lipinski definition) is 1. The summed E-state index contributed by atoms with van der Waals surface area (Å²) in [6, 6.07) is 2.32. The molecule has 0 saturated heterocycles. The molecule has 8 heteroatoms. The van der Waals surface area contributed by atoms with Gasteiger partial charge in [0.1, 0.15) is 4.90 Å². The van der Waals surface area contributed by atoms with Gasteiger partial charge in [-0.15, -0.1) is 0 Å². The van der Waals surface area contributed by atoms with Crippen LogP contribution in [0.3, 0.4) is 0 Å². The molecule has 0 unspecified atom stereocenters. The van der Waals surface area contributed by atoms with Gasteiger partial charge in [-0.2, -0.15) is 0 Å². The van der Waals surface area contributed by atoms with E-state index in [2.05, 4.69) is 13.8 Å². The molecule has 0 fully saturated rings. The predicted octanol–water partition coefficient (Wildman–Crippen LogP) is 3.23. The minimum atomic E-state index is -4.07. The molecule has 1 aromatic carbocycles. The fourth-order valence-electron chi connectivity index (χ4n) is 1.63. The number of sulfonamides is 1. The second-order valence-corrected chi connectivity index (χ2v) is 7.30. The van der Waals surface area contributed by atoms with Crippen LogP contribution >= 0.6 is 23.2 Å². The lowest BCUT2D eigenvalue weighted by molar-refractivity contribution is 0.0494. The van der Waals surface area contributed by atoms with E-state index in [1.165, 1.54) is 6.07 Å². The zero-order valence-electron chi connectivity index (χ0n) is 11.7. The van der Waals surface area contributed by atoms with E-state index in [9.17, 15) is 13.2 Å². The molecule has 21 heavy (non-hydrogen) atoms. The van der Waals surface area contributed by atoms with Gasteiger partial charge < -0.3 is 4.74 Å². The molecule has 0 aliphatic heterocycles. The van der Waals surface area contributed by atoms with Crippen molar-refractivity contribution in [3.8, 4) is 0 Å². The maximum atomic E-state index is 11.9. The lowest BCUT2D eigenvalue weighted by Gasteiger charge is -2.09. The monoisotopic (exact) mass is 353 g/mol. The molecule has 0 heterocycles. The summed E-state index contributed by atoms with van der Waals surface area (Å²) in [6.45, 7) is 4.39. The number of esters is 1. The lowest BCUT2D eigenvalue weighted by Crippen LogP contribution is -2.15. The summed E-state index contributed by atoms with van der Waals surface area (Å²) in [5, 5.41) is 4.74. The second kappa shape index (κ2) is 7.45. The molecule has 1 aromatic rings. The Morgan fingerprint density at radius 3 is 2.48 bits per heavy atom. The zero-order chi connectivity index (χ0) is 16.2. The van der Waals surface area contributed by atoms with Crippen molar-refractivity contribution < 1.29 is 17.9 Å². The van der Waals surface area contributed by atoms with Gasteiger partial charge in [0.05, 0.1) is 22.2 Å². The van der Waals surface area contributed by atoms with E-state index in [0.29, 0.717) is 5.92 Å². The Kier molecular flexibility index (Phi) is 6.46. The van der Waals surface area contributed by atoms with Crippen molar-refractivity contribution in [3.05, 3.63) is 27.7 Å². The Labute approximate surface area is 134 Å². The summed E-state index contributed by atoms with van der Waals surface area (Å²) in [5.41, 5.74) is -0.00188. The SMILES string of the molecule is CC(C)CCCOC(=O)c1cc(Cl)c(Cl)c(S(N)(=O)=O)c1. The number of halogens is 2. The molecule has 0 spiro atoms. The molecule has 0 saturated carbocycles. The molecule has 0 aromatic heterocycles. The Morgan fingerprint density at radius 2 is 1.95 bits per heavy atom. The highest BCUT2D eigenvalue weighted by atomic mass is 35.5. The number of primary sulfonamides is 1. The maximum Gasteiger partial charge on any atom is 0.338 e. The van der Waals surface area contributed by atoms with E-state index < -0.39 is 20.9 Å². The van der Waals surface area contributed by atoms with Gasteiger partial charge in [0.2, 0.25) is 10.0 Å². The number of rotatable bonds is 6. The Balaban J connectivity index is 2.89. The van der Waals surface area contributed by atoms with Gasteiger partial charge in [-0.3, -0.25) is 0 Å². The first-order valence-corrected chi connectivity index (χ1v) is 8.62. The van der Waals surface area contributed by atoms with Gasteiger partial charge in [-0.05, 0) is 30.9 Å². The van der Waals surface area contributed by atoms with Crippen LogP contribution in [0, 0.1) is 5.92 Å². The number of carbonyl (C=O) groups excluding carboxylic acids is 1. The number of benzene rings is 1. The molecule has 2 N–H and O–H groups in total. The van der Waals surface area contributed by atoms with Crippen LogP contribution in [0.4, 0.5) is 0 Å². The highest BCUT2D eigenvalue weighted by molar-refractivity contribution is 7.89. The van der Waals surface area contributed by atoms with Gasteiger partial charge >= 0.3 is 5.97 Å². The predicted molar refractivity (Wildman–Crippen MR) is 82.2 cm³/mol. The highest BCUT2D eigenvalue weighted by Gasteiger charge is 2.20. The van der Waals surface area contributed by atoms with Gasteiger partial charge in [0.25, 0.3) is 0 Å². The fourth-order valence-corrected chi connectivity index (χ4v) is 2.99. The van der Waals surface area contributed by atoms with Crippen molar-refractivity contribution in [2.24, 2.45) is 11.1 Å². The Hall–Kier alpha value is -0.820. The third kappa shape index (κ3) is 5.47.